The average molecular weight is 258 g/mol. The first-order valence-electron chi connectivity index (χ1n) is 5.43. The van der Waals surface area contributed by atoms with Crippen LogP contribution in [0, 0.1) is 0 Å². The molecule has 0 radical (unpaired) electrons. The van der Waals surface area contributed by atoms with E-state index in [1.807, 2.05) is 0 Å². The Morgan fingerprint density at radius 1 is 1.25 bits per heavy atom. The van der Waals surface area contributed by atoms with E-state index in [2.05, 4.69) is 5.32 Å². The van der Waals surface area contributed by atoms with Crippen molar-refractivity contribution in [3.05, 3.63) is 33.8 Å². The summed E-state index contributed by atoms with van der Waals surface area (Å²) in [5.41, 5.74) is 0.459. The van der Waals surface area contributed by atoms with E-state index < -0.39 is 0 Å². The monoisotopic (exact) mass is 257 g/mol. The Morgan fingerprint density at radius 3 is 2.62 bits per heavy atom. The molecule has 1 fully saturated rings. The number of benzene rings is 1. The lowest BCUT2D eigenvalue weighted by Gasteiger charge is -2.12. The zero-order valence-electron chi connectivity index (χ0n) is 8.80. The largest absolute Gasteiger partial charge is 0.349 e. The second-order valence-electron chi connectivity index (χ2n) is 4.06. The zero-order valence-corrected chi connectivity index (χ0v) is 10.3. The number of carbonyl (C=O) groups is 1. The molecule has 0 saturated heterocycles. The Bertz CT molecular complexity index is 400. The molecule has 4 heteroatoms. The number of carbonyl (C=O) groups excluding carboxylic acids is 1. The van der Waals surface area contributed by atoms with Crippen LogP contribution in [0.25, 0.3) is 0 Å². The maximum absolute atomic E-state index is 11.9. The Labute approximate surface area is 105 Å². The molecular weight excluding hydrogens is 245 g/mol. The maximum Gasteiger partial charge on any atom is 0.253 e. The van der Waals surface area contributed by atoms with E-state index in [1.54, 1.807) is 18.2 Å². The first-order valence-corrected chi connectivity index (χ1v) is 6.19. The number of halogens is 2. The van der Waals surface area contributed by atoms with Crippen LogP contribution in [-0.4, -0.2) is 11.9 Å². The summed E-state index contributed by atoms with van der Waals surface area (Å²) in [6.45, 7) is 0. The van der Waals surface area contributed by atoms with Crippen LogP contribution in [0.15, 0.2) is 18.2 Å². The van der Waals surface area contributed by atoms with E-state index in [0.717, 1.165) is 12.8 Å². The minimum absolute atomic E-state index is 0.126. The van der Waals surface area contributed by atoms with Crippen LogP contribution in [-0.2, 0) is 0 Å². The first kappa shape index (κ1) is 11.7. The Kier molecular flexibility index (Phi) is 3.72. The molecule has 86 valence electrons. The zero-order chi connectivity index (χ0) is 11.5. The highest BCUT2D eigenvalue weighted by atomic mass is 35.5. The molecule has 16 heavy (non-hydrogen) atoms. The molecular formula is C12H13Cl2NO. The molecule has 1 N–H and O–H groups in total. The quantitative estimate of drug-likeness (QED) is 0.861. The van der Waals surface area contributed by atoms with E-state index in [-0.39, 0.29) is 5.91 Å². The molecule has 0 aromatic heterocycles. The van der Waals surface area contributed by atoms with Crippen LogP contribution in [0.3, 0.4) is 0 Å². The van der Waals surface area contributed by atoms with Gasteiger partial charge in [-0.1, -0.05) is 42.1 Å². The Hall–Kier alpha value is -0.730. The summed E-state index contributed by atoms with van der Waals surface area (Å²) in [6.07, 6.45) is 4.50. The molecule has 1 amide bonds. The average Bonchev–Trinajstić information content (AvgIpc) is 2.74. The topological polar surface area (TPSA) is 29.1 Å². The molecule has 0 spiro atoms. The van der Waals surface area contributed by atoms with Crippen molar-refractivity contribution < 1.29 is 4.79 Å². The van der Waals surface area contributed by atoms with Crippen LogP contribution in [0.4, 0.5) is 0 Å². The van der Waals surface area contributed by atoms with Crippen molar-refractivity contribution in [1.82, 2.24) is 5.32 Å². The Balaban J connectivity index is 2.11. The van der Waals surface area contributed by atoms with Crippen molar-refractivity contribution in [3.63, 3.8) is 0 Å². The molecule has 0 aliphatic heterocycles. The summed E-state index contributed by atoms with van der Waals surface area (Å²) < 4.78 is 0. The van der Waals surface area contributed by atoms with Crippen molar-refractivity contribution >= 4 is 29.1 Å². The predicted octanol–water partition coefficient (Wildman–Crippen LogP) is 3.67. The van der Waals surface area contributed by atoms with Gasteiger partial charge >= 0.3 is 0 Å². The summed E-state index contributed by atoms with van der Waals surface area (Å²) in [5.74, 6) is -0.126. The minimum atomic E-state index is -0.126. The molecule has 1 aromatic carbocycles. The van der Waals surface area contributed by atoms with Crippen molar-refractivity contribution in [3.8, 4) is 0 Å². The van der Waals surface area contributed by atoms with Crippen LogP contribution in [0.1, 0.15) is 36.0 Å². The lowest BCUT2D eigenvalue weighted by atomic mass is 10.2. The SMILES string of the molecule is O=C(NC1CCCC1)c1cccc(Cl)c1Cl. The second-order valence-corrected chi connectivity index (χ2v) is 4.84. The smallest absolute Gasteiger partial charge is 0.253 e. The highest BCUT2D eigenvalue weighted by Crippen LogP contribution is 2.26. The number of amides is 1. The molecule has 0 unspecified atom stereocenters. The van der Waals surface area contributed by atoms with Gasteiger partial charge in [0.1, 0.15) is 0 Å². The lowest BCUT2D eigenvalue weighted by molar-refractivity contribution is 0.0938. The number of nitrogens with one attached hydrogen (secondary N) is 1. The van der Waals surface area contributed by atoms with Crippen molar-refractivity contribution in [2.24, 2.45) is 0 Å². The van der Waals surface area contributed by atoms with E-state index in [9.17, 15) is 4.79 Å². The van der Waals surface area contributed by atoms with Gasteiger partial charge in [-0.05, 0) is 25.0 Å². The van der Waals surface area contributed by atoms with Gasteiger partial charge in [-0.15, -0.1) is 0 Å². The van der Waals surface area contributed by atoms with E-state index >= 15 is 0 Å². The fourth-order valence-electron chi connectivity index (χ4n) is 2.01. The van der Waals surface area contributed by atoms with Crippen molar-refractivity contribution in [2.45, 2.75) is 31.7 Å². The van der Waals surface area contributed by atoms with Gasteiger partial charge in [0.25, 0.3) is 5.91 Å². The molecule has 2 nitrogen and oxygen atoms in total. The van der Waals surface area contributed by atoms with Gasteiger partial charge in [-0.3, -0.25) is 4.79 Å². The molecule has 1 aromatic rings. The standard InChI is InChI=1S/C12H13Cl2NO/c13-10-7-3-6-9(11(10)14)12(16)15-8-4-1-2-5-8/h3,6-8H,1-2,4-5H2,(H,15,16). The Morgan fingerprint density at radius 2 is 1.94 bits per heavy atom. The molecule has 1 aliphatic carbocycles. The van der Waals surface area contributed by atoms with Gasteiger partial charge in [-0.2, -0.15) is 0 Å². The summed E-state index contributed by atoms with van der Waals surface area (Å²) in [4.78, 5) is 11.9. The molecule has 2 rings (SSSR count). The number of hydrogen-bond donors (Lipinski definition) is 1. The van der Waals surface area contributed by atoms with Crippen LogP contribution in [0.5, 0.6) is 0 Å². The third-order valence-electron chi connectivity index (χ3n) is 2.89. The highest BCUT2D eigenvalue weighted by molar-refractivity contribution is 6.43. The predicted molar refractivity (Wildman–Crippen MR) is 66.2 cm³/mol. The summed E-state index contributed by atoms with van der Waals surface area (Å²) in [7, 11) is 0. The van der Waals surface area contributed by atoms with Gasteiger partial charge in [0.15, 0.2) is 0 Å². The first-order chi connectivity index (χ1) is 7.68. The van der Waals surface area contributed by atoms with Gasteiger partial charge in [0, 0.05) is 6.04 Å². The van der Waals surface area contributed by atoms with Crippen LogP contribution < -0.4 is 5.32 Å². The van der Waals surface area contributed by atoms with E-state index in [1.165, 1.54) is 12.8 Å². The van der Waals surface area contributed by atoms with Crippen molar-refractivity contribution in [2.75, 3.05) is 0 Å². The fourth-order valence-corrected chi connectivity index (χ4v) is 2.40. The van der Waals surface area contributed by atoms with Gasteiger partial charge < -0.3 is 5.32 Å². The third-order valence-corrected chi connectivity index (χ3v) is 3.71. The molecule has 0 bridgehead atoms. The van der Waals surface area contributed by atoms with Gasteiger partial charge in [-0.25, -0.2) is 0 Å². The summed E-state index contributed by atoms with van der Waals surface area (Å²) in [6, 6.07) is 5.40. The molecule has 1 aliphatic rings. The van der Waals surface area contributed by atoms with Crippen LogP contribution in [0.2, 0.25) is 10.0 Å². The third kappa shape index (κ3) is 2.50. The summed E-state index contributed by atoms with van der Waals surface area (Å²) >= 11 is 11.8. The maximum atomic E-state index is 11.9. The highest BCUT2D eigenvalue weighted by Gasteiger charge is 2.19. The number of rotatable bonds is 2. The van der Waals surface area contributed by atoms with Crippen LogP contribution >= 0.6 is 23.2 Å². The molecule has 0 heterocycles. The van der Waals surface area contributed by atoms with E-state index in [4.69, 9.17) is 23.2 Å². The summed E-state index contributed by atoms with van der Waals surface area (Å²) in [5, 5.41) is 3.73. The number of hydrogen-bond acceptors (Lipinski definition) is 1. The molecule has 1 saturated carbocycles. The second kappa shape index (κ2) is 5.07. The lowest BCUT2D eigenvalue weighted by Crippen LogP contribution is -2.32. The van der Waals surface area contributed by atoms with E-state index in [0.29, 0.717) is 21.7 Å². The molecule has 0 atom stereocenters. The van der Waals surface area contributed by atoms with Crippen molar-refractivity contribution in [1.29, 1.82) is 0 Å². The van der Waals surface area contributed by atoms with Gasteiger partial charge in [0.2, 0.25) is 0 Å². The van der Waals surface area contributed by atoms with Gasteiger partial charge in [0.05, 0.1) is 15.6 Å². The normalized spacial score (nSPS) is 16.4. The minimum Gasteiger partial charge on any atom is -0.349 e. The fraction of sp³-hybridized carbons (Fsp3) is 0.417.